The molecule has 1 aromatic heterocycles. The third-order valence-electron chi connectivity index (χ3n) is 4.78. The largest absolute Gasteiger partial charge is 0.348 e. The van der Waals surface area contributed by atoms with Crippen molar-refractivity contribution in [3.8, 4) is 0 Å². The number of aryl methyl sites for hydroxylation is 2. The van der Waals surface area contributed by atoms with Crippen molar-refractivity contribution >= 4 is 29.2 Å². The number of amides is 2. The Hall–Kier alpha value is -2.40. The Morgan fingerprint density at radius 3 is 2.54 bits per heavy atom. The minimum atomic E-state index is -0.266. The second-order valence-electron chi connectivity index (χ2n) is 6.78. The summed E-state index contributed by atoms with van der Waals surface area (Å²) in [6.45, 7) is 3.98. The molecule has 4 nitrogen and oxygen atoms in total. The Labute approximate surface area is 158 Å². The molecular weight excluding hydrogens is 344 g/mol. The summed E-state index contributed by atoms with van der Waals surface area (Å²) in [4.78, 5) is 26.3. The average Bonchev–Trinajstić information content (AvgIpc) is 3.30. The molecule has 0 saturated heterocycles. The fraction of sp³-hybridized carbons (Fsp3) is 0.333. The smallest absolute Gasteiger partial charge is 0.268 e. The van der Waals surface area contributed by atoms with Crippen molar-refractivity contribution in [2.75, 3.05) is 0 Å². The molecule has 5 heteroatoms. The molecule has 2 N–H and O–H groups in total. The zero-order chi connectivity index (χ0) is 18.5. The minimum absolute atomic E-state index is 0.202. The van der Waals surface area contributed by atoms with Gasteiger partial charge in [0.1, 0.15) is 5.70 Å². The SMILES string of the molecule is Cc1ccc(C(=O)N/C(=C\c2cccs2)C(=O)NC2CCCC2)cc1C. The predicted molar refractivity (Wildman–Crippen MR) is 106 cm³/mol. The molecule has 2 aromatic rings. The summed E-state index contributed by atoms with van der Waals surface area (Å²) in [6.07, 6.45) is 6.04. The molecule has 0 bridgehead atoms. The first-order valence-electron chi connectivity index (χ1n) is 8.97. The molecule has 2 amide bonds. The van der Waals surface area contributed by atoms with Gasteiger partial charge in [-0.3, -0.25) is 9.59 Å². The van der Waals surface area contributed by atoms with Crippen LogP contribution >= 0.6 is 11.3 Å². The van der Waals surface area contributed by atoms with Crippen molar-refractivity contribution < 1.29 is 9.59 Å². The molecule has 1 aliphatic carbocycles. The Bertz CT molecular complexity index is 819. The Kier molecular flexibility index (Phi) is 5.89. The number of carbonyl (C=O) groups excluding carboxylic acids is 2. The van der Waals surface area contributed by atoms with Crippen LogP contribution in [0.2, 0.25) is 0 Å². The number of hydrogen-bond acceptors (Lipinski definition) is 3. The van der Waals surface area contributed by atoms with E-state index in [2.05, 4.69) is 10.6 Å². The molecule has 1 saturated carbocycles. The Morgan fingerprint density at radius 1 is 1.12 bits per heavy atom. The molecular formula is C21H24N2O2S. The van der Waals surface area contributed by atoms with Gasteiger partial charge in [0.15, 0.2) is 0 Å². The number of carbonyl (C=O) groups is 2. The van der Waals surface area contributed by atoms with E-state index in [0.29, 0.717) is 11.3 Å². The molecule has 1 heterocycles. The summed E-state index contributed by atoms with van der Waals surface area (Å²) in [5.41, 5.74) is 3.04. The van der Waals surface area contributed by atoms with Crippen LogP contribution in [-0.4, -0.2) is 17.9 Å². The van der Waals surface area contributed by atoms with Gasteiger partial charge >= 0.3 is 0 Å². The lowest BCUT2D eigenvalue weighted by atomic mass is 10.1. The molecule has 0 radical (unpaired) electrons. The summed E-state index contributed by atoms with van der Waals surface area (Å²) >= 11 is 1.53. The average molecular weight is 369 g/mol. The lowest BCUT2D eigenvalue weighted by molar-refractivity contribution is -0.118. The van der Waals surface area contributed by atoms with Crippen molar-refractivity contribution in [2.45, 2.75) is 45.6 Å². The zero-order valence-corrected chi connectivity index (χ0v) is 16.0. The van der Waals surface area contributed by atoms with Crippen LogP contribution in [0.4, 0.5) is 0 Å². The van der Waals surface area contributed by atoms with Gasteiger partial charge in [-0.1, -0.05) is 25.0 Å². The van der Waals surface area contributed by atoms with Gasteiger partial charge in [0.2, 0.25) is 0 Å². The monoisotopic (exact) mass is 368 g/mol. The van der Waals surface area contributed by atoms with E-state index in [1.165, 1.54) is 11.3 Å². The maximum Gasteiger partial charge on any atom is 0.268 e. The minimum Gasteiger partial charge on any atom is -0.348 e. The molecule has 1 aromatic carbocycles. The molecule has 0 spiro atoms. The predicted octanol–water partition coefficient (Wildman–Crippen LogP) is 4.19. The molecule has 1 fully saturated rings. The fourth-order valence-corrected chi connectivity index (χ4v) is 3.74. The first kappa shape index (κ1) is 18.4. The van der Waals surface area contributed by atoms with Gasteiger partial charge in [0, 0.05) is 16.5 Å². The summed E-state index contributed by atoms with van der Waals surface area (Å²) in [6, 6.07) is 9.61. The van der Waals surface area contributed by atoms with E-state index in [4.69, 9.17) is 0 Å². The summed E-state index contributed by atoms with van der Waals surface area (Å²) in [5.74, 6) is -0.486. The maximum absolute atomic E-state index is 12.7. The highest BCUT2D eigenvalue weighted by Gasteiger charge is 2.21. The molecule has 0 aliphatic heterocycles. The van der Waals surface area contributed by atoms with Gasteiger partial charge < -0.3 is 10.6 Å². The molecule has 136 valence electrons. The highest BCUT2D eigenvalue weighted by atomic mass is 32.1. The van der Waals surface area contributed by atoms with Gasteiger partial charge in [0.25, 0.3) is 11.8 Å². The van der Waals surface area contributed by atoms with Crippen molar-refractivity contribution in [1.82, 2.24) is 10.6 Å². The summed E-state index contributed by atoms with van der Waals surface area (Å²) < 4.78 is 0. The topological polar surface area (TPSA) is 58.2 Å². The number of nitrogens with one attached hydrogen (secondary N) is 2. The molecule has 1 aliphatic rings. The van der Waals surface area contributed by atoms with Crippen LogP contribution in [0.5, 0.6) is 0 Å². The van der Waals surface area contributed by atoms with E-state index in [9.17, 15) is 9.59 Å². The van der Waals surface area contributed by atoms with E-state index in [-0.39, 0.29) is 17.9 Å². The second-order valence-corrected chi connectivity index (χ2v) is 7.76. The molecule has 3 rings (SSSR count). The standard InChI is InChI=1S/C21H24N2O2S/c1-14-9-10-16(12-15(14)2)20(24)23-19(13-18-8-5-11-26-18)21(25)22-17-6-3-4-7-17/h5,8-13,17H,3-4,6-7H2,1-2H3,(H,22,25)(H,23,24)/b19-13-. The number of benzene rings is 1. The summed E-state index contributed by atoms with van der Waals surface area (Å²) in [7, 11) is 0. The maximum atomic E-state index is 12.7. The van der Waals surface area contributed by atoms with Gasteiger partial charge in [-0.25, -0.2) is 0 Å². The first-order chi connectivity index (χ1) is 12.5. The van der Waals surface area contributed by atoms with E-state index in [1.807, 2.05) is 43.5 Å². The van der Waals surface area contributed by atoms with Gasteiger partial charge in [-0.15, -0.1) is 11.3 Å². The second kappa shape index (κ2) is 8.32. The molecule has 0 atom stereocenters. The number of hydrogen-bond donors (Lipinski definition) is 2. The van der Waals surface area contributed by atoms with Crippen LogP contribution in [0.25, 0.3) is 6.08 Å². The molecule has 26 heavy (non-hydrogen) atoms. The van der Waals surface area contributed by atoms with E-state index < -0.39 is 0 Å². The van der Waals surface area contributed by atoms with Crippen molar-refractivity contribution in [3.05, 3.63) is 63.0 Å². The zero-order valence-electron chi connectivity index (χ0n) is 15.2. The number of thiophene rings is 1. The number of rotatable bonds is 5. The third kappa shape index (κ3) is 4.61. The lowest BCUT2D eigenvalue weighted by Crippen LogP contribution is -2.39. The Balaban J connectivity index is 1.79. The molecule has 0 unspecified atom stereocenters. The van der Waals surface area contributed by atoms with Gasteiger partial charge in [0.05, 0.1) is 0 Å². The van der Waals surface area contributed by atoms with Crippen molar-refractivity contribution in [1.29, 1.82) is 0 Å². The van der Waals surface area contributed by atoms with Crippen molar-refractivity contribution in [3.63, 3.8) is 0 Å². The van der Waals surface area contributed by atoms with E-state index >= 15 is 0 Å². The van der Waals surface area contributed by atoms with Crippen LogP contribution in [0, 0.1) is 13.8 Å². The van der Waals surface area contributed by atoms with Crippen LogP contribution in [-0.2, 0) is 4.79 Å². The van der Waals surface area contributed by atoms with E-state index in [1.54, 1.807) is 12.1 Å². The van der Waals surface area contributed by atoms with E-state index in [0.717, 1.165) is 41.7 Å². The third-order valence-corrected chi connectivity index (χ3v) is 5.60. The highest BCUT2D eigenvalue weighted by Crippen LogP contribution is 2.19. The van der Waals surface area contributed by atoms with Crippen LogP contribution < -0.4 is 10.6 Å². The Morgan fingerprint density at radius 2 is 1.88 bits per heavy atom. The van der Waals surface area contributed by atoms with Gasteiger partial charge in [-0.2, -0.15) is 0 Å². The van der Waals surface area contributed by atoms with Crippen LogP contribution in [0.3, 0.4) is 0 Å². The quantitative estimate of drug-likeness (QED) is 0.777. The van der Waals surface area contributed by atoms with Crippen LogP contribution in [0.1, 0.15) is 52.0 Å². The van der Waals surface area contributed by atoms with Crippen LogP contribution in [0.15, 0.2) is 41.4 Å². The van der Waals surface area contributed by atoms with Gasteiger partial charge in [-0.05, 0) is 67.5 Å². The normalized spacial score (nSPS) is 15.1. The highest BCUT2D eigenvalue weighted by molar-refractivity contribution is 7.10. The summed E-state index contributed by atoms with van der Waals surface area (Å²) in [5, 5.41) is 7.81. The van der Waals surface area contributed by atoms with Crippen molar-refractivity contribution in [2.24, 2.45) is 0 Å². The fourth-order valence-electron chi connectivity index (χ4n) is 3.08. The lowest BCUT2D eigenvalue weighted by Gasteiger charge is -2.15. The first-order valence-corrected chi connectivity index (χ1v) is 9.85.